The lowest BCUT2D eigenvalue weighted by Crippen LogP contribution is -2.01. The Morgan fingerprint density at radius 2 is 1.96 bits per heavy atom. The van der Waals surface area contributed by atoms with Crippen LogP contribution >= 0.6 is 11.6 Å². The van der Waals surface area contributed by atoms with Crippen molar-refractivity contribution in [3.63, 3.8) is 0 Å². The first-order valence-electron chi connectivity index (χ1n) is 7.25. The summed E-state index contributed by atoms with van der Waals surface area (Å²) in [6.07, 6.45) is 1.54. The lowest BCUT2D eigenvalue weighted by atomic mass is 10.1. The molecule has 3 aromatic rings. The molecule has 0 spiro atoms. The van der Waals surface area contributed by atoms with Crippen LogP contribution in [0.25, 0.3) is 11.3 Å². The first kappa shape index (κ1) is 15.9. The highest BCUT2D eigenvalue weighted by Gasteiger charge is 2.15. The van der Waals surface area contributed by atoms with Gasteiger partial charge in [0.2, 0.25) is 5.82 Å². The van der Waals surface area contributed by atoms with Crippen molar-refractivity contribution in [1.82, 2.24) is 15.0 Å². The molecule has 0 radical (unpaired) electrons. The highest BCUT2D eigenvalue weighted by molar-refractivity contribution is 6.29. The fourth-order valence-electron chi connectivity index (χ4n) is 2.32. The van der Waals surface area contributed by atoms with Crippen LogP contribution in [0.15, 0.2) is 48.7 Å². The SMILES string of the molecule is Cc1nc(Cl)cc(OCc2ccccc2)c1-c1ccnc(C#N)n1. The predicted octanol–water partition coefficient (Wildman–Crippen LogP) is 3.95. The van der Waals surface area contributed by atoms with Crippen molar-refractivity contribution in [3.05, 3.63) is 70.9 Å². The molecule has 0 saturated carbocycles. The van der Waals surface area contributed by atoms with Gasteiger partial charge in [-0.05, 0) is 18.6 Å². The molecule has 6 heteroatoms. The van der Waals surface area contributed by atoms with Gasteiger partial charge in [0.15, 0.2) is 0 Å². The standard InChI is InChI=1S/C18H13ClN4O/c1-12-18(14-7-8-21-17(10-20)23-14)15(9-16(19)22-12)24-11-13-5-3-2-4-6-13/h2-9H,11H2,1H3. The average Bonchev–Trinajstić information content (AvgIpc) is 2.60. The minimum atomic E-state index is 0.0934. The van der Waals surface area contributed by atoms with Gasteiger partial charge in [-0.25, -0.2) is 15.0 Å². The molecule has 0 atom stereocenters. The second kappa shape index (κ2) is 7.07. The van der Waals surface area contributed by atoms with Gasteiger partial charge in [-0.1, -0.05) is 41.9 Å². The number of halogens is 1. The predicted molar refractivity (Wildman–Crippen MR) is 90.5 cm³/mol. The van der Waals surface area contributed by atoms with Crippen molar-refractivity contribution in [2.45, 2.75) is 13.5 Å². The van der Waals surface area contributed by atoms with E-state index in [0.717, 1.165) is 5.56 Å². The molecule has 1 aromatic carbocycles. The molecule has 2 aromatic heterocycles. The molecule has 0 N–H and O–H groups in total. The molecule has 0 amide bonds. The second-order valence-electron chi connectivity index (χ2n) is 5.06. The quantitative estimate of drug-likeness (QED) is 0.674. The number of pyridine rings is 1. The van der Waals surface area contributed by atoms with Crippen molar-refractivity contribution in [2.24, 2.45) is 0 Å². The third kappa shape index (κ3) is 3.50. The zero-order chi connectivity index (χ0) is 16.9. The Kier molecular flexibility index (Phi) is 4.69. The molecule has 3 rings (SSSR count). The van der Waals surface area contributed by atoms with E-state index in [1.165, 1.54) is 6.20 Å². The summed E-state index contributed by atoms with van der Waals surface area (Å²) in [4.78, 5) is 12.4. The van der Waals surface area contributed by atoms with Gasteiger partial charge in [-0.15, -0.1) is 0 Å². The molecule has 0 bridgehead atoms. The molecule has 24 heavy (non-hydrogen) atoms. The van der Waals surface area contributed by atoms with E-state index < -0.39 is 0 Å². The Hall–Kier alpha value is -2.97. The molecule has 2 heterocycles. The molecule has 0 fully saturated rings. The van der Waals surface area contributed by atoms with Crippen molar-refractivity contribution in [1.29, 1.82) is 5.26 Å². The normalized spacial score (nSPS) is 10.2. The Morgan fingerprint density at radius 1 is 1.17 bits per heavy atom. The van der Waals surface area contributed by atoms with Gasteiger partial charge in [0, 0.05) is 12.3 Å². The number of benzene rings is 1. The van der Waals surface area contributed by atoms with E-state index in [1.807, 2.05) is 43.3 Å². The molecule has 0 aliphatic heterocycles. The van der Waals surface area contributed by atoms with Gasteiger partial charge < -0.3 is 4.74 Å². The summed E-state index contributed by atoms with van der Waals surface area (Å²) in [7, 11) is 0. The number of aryl methyl sites for hydroxylation is 1. The van der Waals surface area contributed by atoms with E-state index in [1.54, 1.807) is 12.1 Å². The van der Waals surface area contributed by atoms with Crippen molar-refractivity contribution in [3.8, 4) is 23.1 Å². The molecular formula is C18H13ClN4O. The summed E-state index contributed by atoms with van der Waals surface area (Å²) in [5.41, 5.74) is 2.99. The summed E-state index contributed by atoms with van der Waals surface area (Å²) in [5.74, 6) is 0.662. The number of aromatic nitrogens is 3. The summed E-state index contributed by atoms with van der Waals surface area (Å²) < 4.78 is 5.95. The van der Waals surface area contributed by atoms with Gasteiger partial charge in [0.1, 0.15) is 23.6 Å². The third-order valence-corrected chi connectivity index (χ3v) is 3.58. The Bertz CT molecular complexity index is 907. The van der Waals surface area contributed by atoms with Crippen molar-refractivity contribution >= 4 is 11.6 Å². The number of nitriles is 1. The van der Waals surface area contributed by atoms with E-state index in [2.05, 4.69) is 15.0 Å². The Labute approximate surface area is 144 Å². The topological polar surface area (TPSA) is 71.7 Å². The maximum atomic E-state index is 9.00. The largest absolute Gasteiger partial charge is 0.488 e. The molecule has 0 aliphatic carbocycles. The van der Waals surface area contributed by atoms with E-state index >= 15 is 0 Å². The summed E-state index contributed by atoms with van der Waals surface area (Å²) in [6.45, 7) is 2.22. The van der Waals surface area contributed by atoms with Gasteiger partial charge in [-0.2, -0.15) is 5.26 Å². The zero-order valence-electron chi connectivity index (χ0n) is 12.9. The first-order chi connectivity index (χ1) is 11.7. The van der Waals surface area contributed by atoms with Crippen LogP contribution in [0.3, 0.4) is 0 Å². The fourth-order valence-corrected chi connectivity index (χ4v) is 2.55. The lowest BCUT2D eigenvalue weighted by molar-refractivity contribution is 0.307. The van der Waals surface area contributed by atoms with Crippen molar-refractivity contribution in [2.75, 3.05) is 0 Å². The number of hydrogen-bond acceptors (Lipinski definition) is 5. The van der Waals surface area contributed by atoms with E-state index in [4.69, 9.17) is 21.6 Å². The van der Waals surface area contributed by atoms with E-state index in [-0.39, 0.29) is 5.82 Å². The monoisotopic (exact) mass is 336 g/mol. The molecule has 5 nitrogen and oxygen atoms in total. The summed E-state index contributed by atoms with van der Waals surface area (Å²) in [6, 6.07) is 15.1. The highest BCUT2D eigenvalue weighted by Crippen LogP contribution is 2.33. The molecule has 0 aliphatic rings. The zero-order valence-corrected chi connectivity index (χ0v) is 13.7. The van der Waals surface area contributed by atoms with E-state index in [9.17, 15) is 0 Å². The van der Waals surface area contributed by atoms with Crippen LogP contribution in [-0.4, -0.2) is 15.0 Å². The molecule has 118 valence electrons. The number of hydrogen-bond donors (Lipinski definition) is 0. The second-order valence-corrected chi connectivity index (χ2v) is 5.44. The molecule has 0 unspecified atom stereocenters. The van der Waals surface area contributed by atoms with Crippen LogP contribution < -0.4 is 4.74 Å². The van der Waals surface area contributed by atoms with Gasteiger partial charge in [-0.3, -0.25) is 0 Å². The lowest BCUT2D eigenvalue weighted by Gasteiger charge is -2.14. The highest BCUT2D eigenvalue weighted by atomic mass is 35.5. The van der Waals surface area contributed by atoms with E-state index in [0.29, 0.717) is 34.5 Å². The maximum absolute atomic E-state index is 9.00. The number of rotatable bonds is 4. The van der Waals surface area contributed by atoms with Crippen LogP contribution in [0.4, 0.5) is 0 Å². The van der Waals surface area contributed by atoms with Crippen LogP contribution in [0, 0.1) is 18.3 Å². The van der Waals surface area contributed by atoms with Crippen LogP contribution in [0.2, 0.25) is 5.15 Å². The summed E-state index contributed by atoms with van der Waals surface area (Å²) >= 11 is 6.07. The Balaban J connectivity index is 2.00. The first-order valence-corrected chi connectivity index (χ1v) is 7.62. The molecule has 0 saturated heterocycles. The van der Waals surface area contributed by atoms with Crippen LogP contribution in [0.5, 0.6) is 5.75 Å². The van der Waals surface area contributed by atoms with Gasteiger partial charge in [0.25, 0.3) is 0 Å². The minimum Gasteiger partial charge on any atom is -0.488 e. The smallest absolute Gasteiger partial charge is 0.232 e. The average molecular weight is 337 g/mol. The number of ether oxygens (including phenoxy) is 1. The minimum absolute atomic E-state index is 0.0934. The van der Waals surface area contributed by atoms with Gasteiger partial charge >= 0.3 is 0 Å². The van der Waals surface area contributed by atoms with Crippen LogP contribution in [0.1, 0.15) is 17.1 Å². The number of nitrogens with zero attached hydrogens (tertiary/aromatic N) is 4. The van der Waals surface area contributed by atoms with Crippen molar-refractivity contribution < 1.29 is 4.74 Å². The van der Waals surface area contributed by atoms with Crippen LogP contribution in [-0.2, 0) is 6.61 Å². The third-order valence-electron chi connectivity index (χ3n) is 3.38. The maximum Gasteiger partial charge on any atom is 0.232 e. The summed E-state index contributed by atoms with van der Waals surface area (Å²) in [5, 5.41) is 9.34. The fraction of sp³-hybridized carbons (Fsp3) is 0.111. The molecular weight excluding hydrogens is 324 g/mol. The Morgan fingerprint density at radius 3 is 2.71 bits per heavy atom. The van der Waals surface area contributed by atoms with Gasteiger partial charge in [0.05, 0.1) is 17.0 Å².